The molecule has 1 aliphatic heterocycles. The summed E-state index contributed by atoms with van der Waals surface area (Å²) in [4.78, 5) is 19.1. The third-order valence-corrected chi connectivity index (χ3v) is 4.14. The third kappa shape index (κ3) is 2.82. The molecule has 0 radical (unpaired) electrons. The van der Waals surface area contributed by atoms with Crippen molar-refractivity contribution in [2.75, 3.05) is 13.7 Å². The van der Waals surface area contributed by atoms with Crippen LogP contribution < -0.4 is 4.74 Å². The minimum Gasteiger partial charge on any atom is -0.481 e. The third-order valence-electron chi connectivity index (χ3n) is 4.14. The maximum Gasteiger partial charge on any atom is 0.254 e. The lowest BCUT2D eigenvalue weighted by Crippen LogP contribution is -2.38. The molecule has 114 valence electrons. The zero-order valence-corrected chi connectivity index (χ0v) is 12.7. The Hall–Kier alpha value is -2.36. The van der Waals surface area contributed by atoms with Gasteiger partial charge in [0.2, 0.25) is 5.88 Å². The van der Waals surface area contributed by atoms with Gasteiger partial charge in [0.1, 0.15) is 0 Å². The quantitative estimate of drug-likeness (QED) is 0.871. The Morgan fingerprint density at radius 2 is 2.00 bits per heavy atom. The number of nitrogens with zero attached hydrogens (tertiary/aromatic N) is 2. The molecule has 4 heteroatoms. The molecule has 1 saturated heterocycles. The number of carbonyl (C=O) groups excluding carboxylic acids is 1. The molecule has 22 heavy (non-hydrogen) atoms. The number of rotatable bonds is 3. The van der Waals surface area contributed by atoms with Crippen LogP contribution in [0.2, 0.25) is 0 Å². The van der Waals surface area contributed by atoms with E-state index in [1.165, 1.54) is 0 Å². The van der Waals surface area contributed by atoms with Crippen LogP contribution in [0.4, 0.5) is 0 Å². The SMILES string of the molecule is COc1ncccc1C1CCCCN1C(=O)c1ccccc1. The Bertz CT molecular complexity index is 643. The van der Waals surface area contributed by atoms with Crippen LogP contribution in [0.1, 0.15) is 41.2 Å². The molecule has 2 heterocycles. The van der Waals surface area contributed by atoms with Gasteiger partial charge in [-0.2, -0.15) is 0 Å². The van der Waals surface area contributed by atoms with Crippen LogP contribution in [0.15, 0.2) is 48.7 Å². The molecule has 3 rings (SSSR count). The normalized spacial score (nSPS) is 18.0. The van der Waals surface area contributed by atoms with Crippen LogP contribution in [0.3, 0.4) is 0 Å². The summed E-state index contributed by atoms with van der Waals surface area (Å²) >= 11 is 0. The van der Waals surface area contributed by atoms with Crippen molar-refractivity contribution < 1.29 is 9.53 Å². The average Bonchev–Trinajstić information content (AvgIpc) is 2.62. The summed E-state index contributed by atoms with van der Waals surface area (Å²) in [6.45, 7) is 0.774. The number of carbonyl (C=O) groups is 1. The molecular weight excluding hydrogens is 276 g/mol. The van der Waals surface area contributed by atoms with E-state index in [0.29, 0.717) is 5.88 Å². The Morgan fingerprint density at radius 3 is 2.77 bits per heavy atom. The first-order valence-corrected chi connectivity index (χ1v) is 7.66. The molecule has 0 bridgehead atoms. The minimum absolute atomic E-state index is 0.0325. The van der Waals surface area contributed by atoms with Crippen LogP contribution in [0.5, 0.6) is 5.88 Å². The molecule has 0 N–H and O–H groups in total. The molecule has 1 aromatic heterocycles. The molecule has 0 spiro atoms. The number of hydrogen-bond acceptors (Lipinski definition) is 3. The number of likely N-dealkylation sites (tertiary alicyclic amines) is 1. The molecule has 1 fully saturated rings. The fourth-order valence-electron chi connectivity index (χ4n) is 3.07. The lowest BCUT2D eigenvalue weighted by Gasteiger charge is -2.36. The molecule has 0 aliphatic carbocycles. The summed E-state index contributed by atoms with van der Waals surface area (Å²) < 4.78 is 5.38. The van der Waals surface area contributed by atoms with Gasteiger partial charge < -0.3 is 9.64 Å². The van der Waals surface area contributed by atoms with Crippen molar-refractivity contribution in [1.29, 1.82) is 0 Å². The molecule has 1 unspecified atom stereocenters. The van der Waals surface area contributed by atoms with Gasteiger partial charge in [0, 0.05) is 23.9 Å². The predicted octanol–water partition coefficient (Wildman–Crippen LogP) is 3.46. The van der Waals surface area contributed by atoms with E-state index < -0.39 is 0 Å². The predicted molar refractivity (Wildman–Crippen MR) is 84.9 cm³/mol. The van der Waals surface area contributed by atoms with Gasteiger partial charge in [-0.1, -0.05) is 24.3 Å². The average molecular weight is 296 g/mol. The van der Waals surface area contributed by atoms with Crippen molar-refractivity contribution in [3.8, 4) is 5.88 Å². The number of piperidine rings is 1. The number of hydrogen-bond donors (Lipinski definition) is 0. The second kappa shape index (κ2) is 6.60. The van der Waals surface area contributed by atoms with Crippen molar-refractivity contribution >= 4 is 5.91 Å². The van der Waals surface area contributed by atoms with Gasteiger partial charge in [-0.3, -0.25) is 4.79 Å². The summed E-state index contributed by atoms with van der Waals surface area (Å²) in [7, 11) is 1.62. The first kappa shape index (κ1) is 14.6. The molecule has 1 aromatic carbocycles. The second-order valence-electron chi connectivity index (χ2n) is 5.48. The number of ether oxygens (including phenoxy) is 1. The fraction of sp³-hybridized carbons (Fsp3) is 0.333. The van der Waals surface area contributed by atoms with E-state index in [1.54, 1.807) is 13.3 Å². The Kier molecular flexibility index (Phi) is 4.37. The van der Waals surface area contributed by atoms with E-state index in [2.05, 4.69) is 4.98 Å². The number of amides is 1. The van der Waals surface area contributed by atoms with Crippen LogP contribution >= 0.6 is 0 Å². The maximum atomic E-state index is 12.8. The van der Waals surface area contributed by atoms with E-state index in [9.17, 15) is 4.79 Å². The highest BCUT2D eigenvalue weighted by atomic mass is 16.5. The molecule has 1 aliphatic rings. The van der Waals surface area contributed by atoms with Gasteiger partial charge in [-0.05, 0) is 37.5 Å². The number of pyridine rings is 1. The van der Waals surface area contributed by atoms with Gasteiger partial charge >= 0.3 is 0 Å². The zero-order valence-electron chi connectivity index (χ0n) is 12.7. The zero-order chi connectivity index (χ0) is 15.4. The number of aromatic nitrogens is 1. The monoisotopic (exact) mass is 296 g/mol. The molecule has 0 saturated carbocycles. The van der Waals surface area contributed by atoms with Crippen molar-refractivity contribution in [1.82, 2.24) is 9.88 Å². The van der Waals surface area contributed by atoms with Gasteiger partial charge in [0.05, 0.1) is 13.2 Å². The van der Waals surface area contributed by atoms with Crippen LogP contribution in [0.25, 0.3) is 0 Å². The van der Waals surface area contributed by atoms with Crippen molar-refractivity contribution in [2.24, 2.45) is 0 Å². The highest BCUT2D eigenvalue weighted by molar-refractivity contribution is 5.94. The van der Waals surface area contributed by atoms with Gasteiger partial charge in [-0.15, -0.1) is 0 Å². The van der Waals surface area contributed by atoms with Gasteiger partial charge in [0.25, 0.3) is 5.91 Å². The number of methoxy groups -OCH3 is 1. The first-order chi connectivity index (χ1) is 10.8. The van der Waals surface area contributed by atoms with Crippen molar-refractivity contribution in [2.45, 2.75) is 25.3 Å². The Labute approximate surface area is 130 Å². The minimum atomic E-state index is 0.0325. The standard InChI is InChI=1S/C18H20N2O2/c1-22-17-15(10-7-12-19-17)16-11-5-6-13-20(16)18(21)14-8-3-2-4-9-14/h2-4,7-10,12,16H,5-6,11,13H2,1H3. The summed E-state index contributed by atoms with van der Waals surface area (Å²) in [6.07, 6.45) is 4.81. The smallest absolute Gasteiger partial charge is 0.254 e. The summed E-state index contributed by atoms with van der Waals surface area (Å²) in [5.41, 5.74) is 1.73. The largest absolute Gasteiger partial charge is 0.481 e. The van der Waals surface area contributed by atoms with E-state index in [-0.39, 0.29) is 11.9 Å². The topological polar surface area (TPSA) is 42.4 Å². The van der Waals surface area contributed by atoms with E-state index in [1.807, 2.05) is 47.4 Å². The first-order valence-electron chi connectivity index (χ1n) is 7.66. The lowest BCUT2D eigenvalue weighted by molar-refractivity contribution is 0.0608. The van der Waals surface area contributed by atoms with Crippen LogP contribution in [-0.2, 0) is 0 Å². The molecule has 4 nitrogen and oxygen atoms in total. The van der Waals surface area contributed by atoms with Gasteiger partial charge in [-0.25, -0.2) is 4.98 Å². The van der Waals surface area contributed by atoms with Crippen LogP contribution in [-0.4, -0.2) is 29.4 Å². The van der Waals surface area contributed by atoms with E-state index >= 15 is 0 Å². The van der Waals surface area contributed by atoms with Gasteiger partial charge in [0.15, 0.2) is 0 Å². The Morgan fingerprint density at radius 1 is 1.18 bits per heavy atom. The molecule has 1 atom stereocenters. The summed E-state index contributed by atoms with van der Waals surface area (Å²) in [5.74, 6) is 0.691. The fourth-order valence-corrected chi connectivity index (χ4v) is 3.07. The molecular formula is C18H20N2O2. The number of benzene rings is 1. The van der Waals surface area contributed by atoms with Crippen LogP contribution in [0, 0.1) is 0 Å². The van der Waals surface area contributed by atoms with E-state index in [4.69, 9.17) is 4.74 Å². The van der Waals surface area contributed by atoms with Crippen molar-refractivity contribution in [3.63, 3.8) is 0 Å². The second-order valence-corrected chi connectivity index (χ2v) is 5.48. The lowest BCUT2D eigenvalue weighted by atomic mass is 9.95. The van der Waals surface area contributed by atoms with E-state index in [0.717, 1.165) is 36.9 Å². The highest BCUT2D eigenvalue weighted by Crippen LogP contribution is 2.35. The Balaban J connectivity index is 1.93. The highest BCUT2D eigenvalue weighted by Gasteiger charge is 2.30. The maximum absolute atomic E-state index is 12.8. The molecule has 2 aromatic rings. The summed E-state index contributed by atoms with van der Waals surface area (Å²) in [5, 5.41) is 0. The summed E-state index contributed by atoms with van der Waals surface area (Å²) in [6, 6.07) is 13.4. The molecule has 1 amide bonds. The van der Waals surface area contributed by atoms with Crippen molar-refractivity contribution in [3.05, 3.63) is 59.8 Å².